The van der Waals surface area contributed by atoms with Crippen LogP contribution in [0.1, 0.15) is 24.0 Å². The van der Waals surface area contributed by atoms with Gasteiger partial charge >= 0.3 is 0 Å². The molecule has 5 nitrogen and oxygen atoms in total. The van der Waals surface area contributed by atoms with Crippen molar-refractivity contribution in [2.24, 2.45) is 5.73 Å². The van der Waals surface area contributed by atoms with Crippen molar-refractivity contribution in [2.75, 3.05) is 26.2 Å². The van der Waals surface area contributed by atoms with E-state index in [2.05, 4.69) is 22.3 Å². The smallest absolute Gasteiger partial charge is 0.234 e. The minimum Gasteiger partial charge on any atom is -0.494 e. The molecule has 6 heteroatoms. The van der Waals surface area contributed by atoms with E-state index >= 15 is 0 Å². The summed E-state index contributed by atoms with van der Waals surface area (Å²) in [5, 5.41) is 2.99. The lowest BCUT2D eigenvalue weighted by Crippen LogP contribution is -2.37. The number of nitrogens with one attached hydrogen (secondary N) is 1. The Hall–Kier alpha value is -2.08. The lowest BCUT2D eigenvalue weighted by molar-refractivity contribution is -0.122. The van der Waals surface area contributed by atoms with Crippen LogP contribution in [-0.2, 0) is 11.3 Å². The Morgan fingerprint density at radius 2 is 1.96 bits per heavy atom. The molecule has 2 aromatic rings. The number of carbonyl (C=O) groups excluding carboxylic acids is 1. The maximum absolute atomic E-state index is 12.3. The Kier molecular flexibility index (Phi) is 8.10. The van der Waals surface area contributed by atoms with Crippen molar-refractivity contribution < 1.29 is 9.53 Å². The molecule has 1 aliphatic rings. The third kappa shape index (κ3) is 5.96. The first-order chi connectivity index (χ1) is 12.7. The first-order valence-corrected chi connectivity index (χ1v) is 9.17. The van der Waals surface area contributed by atoms with Crippen LogP contribution >= 0.6 is 12.4 Å². The molecule has 3 N–H and O–H groups in total. The molecule has 0 bridgehead atoms. The highest BCUT2D eigenvalue weighted by molar-refractivity contribution is 5.85. The van der Waals surface area contributed by atoms with Crippen LogP contribution in [0.2, 0.25) is 0 Å². The van der Waals surface area contributed by atoms with Gasteiger partial charge in [-0.15, -0.1) is 12.4 Å². The molecule has 27 heavy (non-hydrogen) atoms. The summed E-state index contributed by atoms with van der Waals surface area (Å²) in [5.74, 6) is 1.13. The molecular weight excluding hydrogens is 362 g/mol. The summed E-state index contributed by atoms with van der Waals surface area (Å²) in [7, 11) is 0. The molecule has 1 saturated heterocycles. The maximum atomic E-state index is 12.3. The Morgan fingerprint density at radius 1 is 1.19 bits per heavy atom. The molecule has 1 aliphatic heterocycles. The van der Waals surface area contributed by atoms with E-state index in [1.165, 1.54) is 5.56 Å². The zero-order valence-corrected chi connectivity index (χ0v) is 16.5. The normalized spacial score (nSPS) is 19.3. The molecule has 0 radical (unpaired) electrons. The van der Waals surface area contributed by atoms with Crippen LogP contribution in [0.25, 0.3) is 0 Å². The Morgan fingerprint density at radius 3 is 2.70 bits per heavy atom. The average Bonchev–Trinajstić information content (AvgIpc) is 3.01. The third-order valence-corrected chi connectivity index (χ3v) is 4.73. The minimum absolute atomic E-state index is 0. The molecule has 1 heterocycles. The van der Waals surface area contributed by atoms with Crippen LogP contribution in [0.15, 0.2) is 54.6 Å². The van der Waals surface area contributed by atoms with Crippen LogP contribution in [0.5, 0.6) is 5.75 Å². The second-order valence-electron chi connectivity index (χ2n) is 6.73. The van der Waals surface area contributed by atoms with Crippen LogP contribution in [0, 0.1) is 0 Å². The lowest BCUT2D eigenvalue weighted by atomic mass is 9.95. The number of carbonyl (C=O) groups is 1. The summed E-state index contributed by atoms with van der Waals surface area (Å²) in [5.41, 5.74) is 8.58. The van der Waals surface area contributed by atoms with Gasteiger partial charge in [0.2, 0.25) is 5.91 Å². The largest absolute Gasteiger partial charge is 0.494 e. The number of benzene rings is 2. The maximum Gasteiger partial charge on any atom is 0.234 e. The molecule has 146 valence electrons. The molecule has 0 unspecified atom stereocenters. The molecule has 3 rings (SSSR count). The summed E-state index contributed by atoms with van der Waals surface area (Å²) >= 11 is 0. The van der Waals surface area contributed by atoms with Gasteiger partial charge in [0.25, 0.3) is 0 Å². The van der Waals surface area contributed by atoms with Crippen LogP contribution in [0.4, 0.5) is 0 Å². The standard InChI is InChI=1S/C21H27N3O2.ClH/c1-2-26-18-10-6-7-16(11-18)12-23-21(25)15-24-13-19(20(22)14-24)17-8-4-3-5-9-17;/h3-11,19-20H,2,12-15,22H2,1H3,(H,23,25);1H/t19-,20+;/m0./s1. The van der Waals surface area contributed by atoms with E-state index in [1.807, 2.05) is 49.4 Å². The van der Waals surface area contributed by atoms with Crippen molar-refractivity contribution in [1.29, 1.82) is 0 Å². The van der Waals surface area contributed by atoms with Crippen molar-refractivity contribution in [3.8, 4) is 5.75 Å². The molecule has 2 aromatic carbocycles. The van der Waals surface area contributed by atoms with Gasteiger partial charge < -0.3 is 15.8 Å². The number of halogens is 1. The highest BCUT2D eigenvalue weighted by Gasteiger charge is 2.31. The summed E-state index contributed by atoms with van der Waals surface area (Å²) in [4.78, 5) is 14.4. The van der Waals surface area contributed by atoms with Crippen LogP contribution in [-0.4, -0.2) is 43.1 Å². The highest BCUT2D eigenvalue weighted by atomic mass is 35.5. The zero-order valence-electron chi connectivity index (χ0n) is 15.6. The van der Waals surface area contributed by atoms with E-state index in [1.54, 1.807) is 0 Å². The van der Waals surface area contributed by atoms with Gasteiger partial charge in [-0.1, -0.05) is 42.5 Å². The summed E-state index contributed by atoms with van der Waals surface area (Å²) in [6, 6.07) is 18.2. The van der Waals surface area contributed by atoms with Crippen molar-refractivity contribution in [1.82, 2.24) is 10.2 Å². The van der Waals surface area contributed by atoms with Gasteiger partial charge in [0.05, 0.1) is 13.2 Å². The highest BCUT2D eigenvalue weighted by Crippen LogP contribution is 2.25. The van der Waals surface area contributed by atoms with Gasteiger partial charge in [-0.05, 0) is 30.2 Å². The Bertz CT molecular complexity index is 726. The monoisotopic (exact) mass is 389 g/mol. The number of hydrogen-bond donors (Lipinski definition) is 2. The van der Waals surface area contributed by atoms with Crippen molar-refractivity contribution in [2.45, 2.75) is 25.4 Å². The second-order valence-corrected chi connectivity index (χ2v) is 6.73. The molecule has 1 fully saturated rings. The molecule has 2 atom stereocenters. The number of ether oxygens (including phenoxy) is 1. The van der Waals surface area contributed by atoms with E-state index in [9.17, 15) is 4.79 Å². The molecule has 0 aromatic heterocycles. The number of nitrogens with two attached hydrogens (primary N) is 1. The minimum atomic E-state index is 0. The van der Waals surface area contributed by atoms with Crippen LogP contribution in [0.3, 0.4) is 0 Å². The topological polar surface area (TPSA) is 67.6 Å². The molecule has 0 spiro atoms. The van der Waals surface area contributed by atoms with Gasteiger partial charge in [0.1, 0.15) is 5.75 Å². The Labute approximate surface area is 167 Å². The predicted octanol–water partition coefficient (Wildman–Crippen LogP) is 2.55. The molecule has 1 amide bonds. The van der Waals surface area contributed by atoms with Crippen LogP contribution < -0.4 is 15.8 Å². The van der Waals surface area contributed by atoms with Crippen molar-refractivity contribution >= 4 is 18.3 Å². The molecule has 0 aliphatic carbocycles. The number of nitrogens with zero attached hydrogens (tertiary/aromatic N) is 1. The van der Waals surface area contributed by atoms with E-state index in [4.69, 9.17) is 10.5 Å². The second kappa shape index (κ2) is 10.3. The van der Waals surface area contributed by atoms with E-state index in [0.29, 0.717) is 19.7 Å². The number of rotatable bonds is 7. The lowest BCUT2D eigenvalue weighted by Gasteiger charge is -2.16. The fraction of sp³-hybridized carbons (Fsp3) is 0.381. The van der Waals surface area contributed by atoms with Gasteiger partial charge in [0, 0.05) is 31.6 Å². The Balaban J connectivity index is 0.00000261. The predicted molar refractivity (Wildman–Crippen MR) is 110 cm³/mol. The number of amides is 1. The third-order valence-electron chi connectivity index (χ3n) is 4.73. The van der Waals surface area contributed by atoms with Gasteiger partial charge in [0.15, 0.2) is 0 Å². The van der Waals surface area contributed by atoms with E-state index in [0.717, 1.165) is 24.4 Å². The number of likely N-dealkylation sites (tertiary alicyclic amines) is 1. The molecule has 0 saturated carbocycles. The quantitative estimate of drug-likeness (QED) is 0.763. The van der Waals surface area contributed by atoms with Gasteiger partial charge in [-0.2, -0.15) is 0 Å². The fourth-order valence-corrected chi connectivity index (χ4v) is 3.47. The first kappa shape index (κ1) is 21.2. The van der Waals surface area contributed by atoms with Crippen molar-refractivity contribution in [3.05, 3.63) is 65.7 Å². The van der Waals surface area contributed by atoms with Crippen molar-refractivity contribution in [3.63, 3.8) is 0 Å². The number of hydrogen-bond acceptors (Lipinski definition) is 4. The summed E-state index contributed by atoms with van der Waals surface area (Å²) in [6.45, 7) is 5.03. The average molecular weight is 390 g/mol. The fourth-order valence-electron chi connectivity index (χ4n) is 3.47. The van der Waals surface area contributed by atoms with E-state index < -0.39 is 0 Å². The van der Waals surface area contributed by atoms with Gasteiger partial charge in [-0.25, -0.2) is 0 Å². The summed E-state index contributed by atoms with van der Waals surface area (Å²) < 4.78 is 5.49. The zero-order chi connectivity index (χ0) is 18.4. The SMILES string of the molecule is CCOc1cccc(CNC(=O)CN2C[C@@H](N)[C@H](c3ccccc3)C2)c1.Cl. The molecular formula is C21H28ClN3O2. The summed E-state index contributed by atoms with van der Waals surface area (Å²) in [6.07, 6.45) is 0. The first-order valence-electron chi connectivity index (χ1n) is 9.17. The van der Waals surface area contributed by atoms with E-state index in [-0.39, 0.29) is 30.3 Å². The van der Waals surface area contributed by atoms with Gasteiger partial charge in [-0.3, -0.25) is 9.69 Å².